The molecule has 6 nitrogen and oxygen atoms in total. The third-order valence-electron chi connectivity index (χ3n) is 4.16. The highest BCUT2D eigenvalue weighted by Gasteiger charge is 2.11. The molecular formula is C21H19N3O3S. The summed E-state index contributed by atoms with van der Waals surface area (Å²) in [6, 6.07) is 16.0. The Bertz CT molecular complexity index is 1100. The number of fused-ring (bicyclic) bond motifs is 1. The Morgan fingerprint density at radius 2 is 2.04 bits per heavy atom. The van der Waals surface area contributed by atoms with Gasteiger partial charge in [0.1, 0.15) is 19.1 Å². The summed E-state index contributed by atoms with van der Waals surface area (Å²) in [4.78, 5) is 13.0. The number of nitrogens with zero attached hydrogens (tertiary/aromatic N) is 2. The summed E-state index contributed by atoms with van der Waals surface area (Å²) in [5, 5.41) is 11.2. The number of nitrogens with one attached hydrogen (secondary N) is 1. The van der Waals surface area contributed by atoms with Crippen LogP contribution in [0.3, 0.4) is 0 Å². The summed E-state index contributed by atoms with van der Waals surface area (Å²) in [7, 11) is 1.59. The van der Waals surface area contributed by atoms with Gasteiger partial charge < -0.3 is 14.8 Å². The molecule has 7 heteroatoms. The van der Waals surface area contributed by atoms with Gasteiger partial charge in [-0.25, -0.2) is 4.68 Å². The number of carbonyl (C=O) groups is 1. The number of ether oxygens (including phenoxy) is 2. The summed E-state index contributed by atoms with van der Waals surface area (Å²) < 4.78 is 12.5. The highest BCUT2D eigenvalue weighted by atomic mass is 32.1. The molecule has 0 atom stereocenters. The van der Waals surface area contributed by atoms with Gasteiger partial charge in [-0.3, -0.25) is 4.79 Å². The smallest absolute Gasteiger partial charge is 0.265 e. The van der Waals surface area contributed by atoms with Crippen LogP contribution in [0.25, 0.3) is 10.8 Å². The van der Waals surface area contributed by atoms with Gasteiger partial charge in [0.25, 0.3) is 5.91 Å². The van der Waals surface area contributed by atoms with Crippen LogP contribution >= 0.6 is 11.3 Å². The van der Waals surface area contributed by atoms with Gasteiger partial charge in [-0.15, -0.1) is 11.3 Å². The molecule has 0 bridgehead atoms. The lowest BCUT2D eigenvalue weighted by molar-refractivity contribution is 0.103. The van der Waals surface area contributed by atoms with E-state index < -0.39 is 0 Å². The normalized spacial score (nSPS) is 10.9. The average molecular weight is 393 g/mol. The summed E-state index contributed by atoms with van der Waals surface area (Å²) >= 11 is 1.39. The van der Waals surface area contributed by atoms with Crippen LogP contribution in [0.4, 0.5) is 5.69 Å². The fraction of sp³-hybridized carbons (Fsp3) is 0.143. The van der Waals surface area contributed by atoms with Crippen molar-refractivity contribution >= 4 is 33.7 Å². The zero-order chi connectivity index (χ0) is 19.3. The van der Waals surface area contributed by atoms with E-state index in [2.05, 4.69) is 22.5 Å². The van der Waals surface area contributed by atoms with E-state index >= 15 is 0 Å². The number of carbonyl (C=O) groups excluding carboxylic acids is 1. The minimum atomic E-state index is -0.168. The average Bonchev–Trinajstić information content (AvgIpc) is 3.36. The van der Waals surface area contributed by atoms with E-state index in [1.54, 1.807) is 24.2 Å². The van der Waals surface area contributed by atoms with Crippen molar-refractivity contribution in [1.82, 2.24) is 9.78 Å². The highest BCUT2D eigenvalue weighted by Crippen LogP contribution is 2.23. The van der Waals surface area contributed by atoms with Crippen LogP contribution in [0, 0.1) is 0 Å². The number of thiophene rings is 1. The van der Waals surface area contributed by atoms with Gasteiger partial charge >= 0.3 is 0 Å². The molecule has 28 heavy (non-hydrogen) atoms. The van der Waals surface area contributed by atoms with E-state index in [1.807, 2.05) is 41.8 Å². The Labute approximate surface area is 166 Å². The first kappa shape index (κ1) is 18.2. The molecular weight excluding hydrogens is 374 g/mol. The maximum Gasteiger partial charge on any atom is 0.265 e. The Balaban J connectivity index is 1.37. The molecule has 4 rings (SSSR count). The third kappa shape index (κ3) is 4.21. The minimum absolute atomic E-state index is 0.168. The second-order valence-corrected chi connectivity index (χ2v) is 7.17. The molecule has 0 radical (unpaired) electrons. The van der Waals surface area contributed by atoms with Crippen molar-refractivity contribution in [3.8, 4) is 5.75 Å². The van der Waals surface area contributed by atoms with Gasteiger partial charge in [0, 0.05) is 12.7 Å². The quantitative estimate of drug-likeness (QED) is 0.501. The Morgan fingerprint density at radius 1 is 1.18 bits per heavy atom. The lowest BCUT2D eigenvalue weighted by Crippen LogP contribution is -2.09. The molecule has 1 N–H and O–H groups in total. The first-order valence-electron chi connectivity index (χ1n) is 8.73. The molecule has 0 saturated carbocycles. The van der Waals surface area contributed by atoms with Crippen LogP contribution in [0.15, 0.2) is 66.3 Å². The number of hydrogen-bond donors (Lipinski definition) is 1. The van der Waals surface area contributed by atoms with Crippen LogP contribution in [-0.2, 0) is 18.1 Å². The molecule has 2 heterocycles. The monoisotopic (exact) mass is 393 g/mol. The predicted molar refractivity (Wildman–Crippen MR) is 110 cm³/mol. The van der Waals surface area contributed by atoms with E-state index in [0.717, 1.165) is 16.7 Å². The summed E-state index contributed by atoms with van der Waals surface area (Å²) in [6.07, 6.45) is 3.31. The van der Waals surface area contributed by atoms with Crippen LogP contribution in [-0.4, -0.2) is 22.8 Å². The molecule has 0 aliphatic rings. The number of aromatic nitrogens is 2. The topological polar surface area (TPSA) is 65.4 Å². The summed E-state index contributed by atoms with van der Waals surface area (Å²) in [5.41, 5.74) is 1.59. The van der Waals surface area contributed by atoms with Crippen LogP contribution in [0.2, 0.25) is 0 Å². The maximum absolute atomic E-state index is 12.4. The molecule has 0 unspecified atom stereocenters. The zero-order valence-electron chi connectivity index (χ0n) is 15.3. The highest BCUT2D eigenvalue weighted by molar-refractivity contribution is 7.12. The molecule has 0 saturated heterocycles. The van der Waals surface area contributed by atoms with E-state index in [1.165, 1.54) is 16.7 Å². The zero-order valence-corrected chi connectivity index (χ0v) is 16.1. The van der Waals surface area contributed by atoms with E-state index in [0.29, 0.717) is 23.9 Å². The third-order valence-corrected chi connectivity index (χ3v) is 5.13. The van der Waals surface area contributed by atoms with Crippen LogP contribution in [0.1, 0.15) is 15.2 Å². The molecule has 0 aliphatic carbocycles. The van der Waals surface area contributed by atoms with E-state index in [-0.39, 0.29) is 5.91 Å². The van der Waals surface area contributed by atoms with Gasteiger partial charge in [-0.2, -0.15) is 5.10 Å². The van der Waals surface area contributed by atoms with Crippen LogP contribution < -0.4 is 10.1 Å². The number of benzene rings is 2. The van der Waals surface area contributed by atoms with Crippen molar-refractivity contribution in [2.45, 2.75) is 13.3 Å². The number of anilines is 1. The lowest BCUT2D eigenvalue weighted by atomic mass is 10.1. The Morgan fingerprint density at radius 3 is 2.89 bits per heavy atom. The second kappa shape index (κ2) is 8.24. The lowest BCUT2D eigenvalue weighted by Gasteiger charge is -2.06. The molecule has 2 aromatic carbocycles. The maximum atomic E-state index is 12.4. The van der Waals surface area contributed by atoms with Crippen molar-refractivity contribution in [1.29, 1.82) is 0 Å². The predicted octanol–water partition coefficient (Wildman–Crippen LogP) is 4.53. The molecule has 2 aromatic heterocycles. The van der Waals surface area contributed by atoms with Crippen molar-refractivity contribution in [3.63, 3.8) is 0 Å². The van der Waals surface area contributed by atoms with Gasteiger partial charge in [-0.1, -0.05) is 30.3 Å². The van der Waals surface area contributed by atoms with Crippen LogP contribution in [0.5, 0.6) is 5.75 Å². The van der Waals surface area contributed by atoms with Gasteiger partial charge in [0.05, 0.1) is 23.0 Å². The van der Waals surface area contributed by atoms with Crippen molar-refractivity contribution in [3.05, 3.63) is 76.7 Å². The molecule has 1 amide bonds. The van der Waals surface area contributed by atoms with E-state index in [9.17, 15) is 4.79 Å². The van der Waals surface area contributed by atoms with Gasteiger partial charge in [0.2, 0.25) is 0 Å². The Kier molecular flexibility index (Phi) is 5.36. The van der Waals surface area contributed by atoms with E-state index in [4.69, 9.17) is 9.47 Å². The SMILES string of the molecule is COCn1cc(NC(=O)c2cc(COc3ccc4ccccc4c3)cs2)cn1. The molecule has 142 valence electrons. The largest absolute Gasteiger partial charge is 0.489 e. The molecule has 4 aromatic rings. The van der Waals surface area contributed by atoms with Crippen molar-refractivity contribution in [2.75, 3.05) is 12.4 Å². The molecule has 0 spiro atoms. The standard InChI is InChI=1S/C21H19N3O3S/c1-26-14-24-11-18(10-22-24)23-21(25)20-8-15(13-28-20)12-27-19-7-6-16-4-2-3-5-17(16)9-19/h2-11,13H,12,14H2,1H3,(H,23,25). The minimum Gasteiger partial charge on any atom is -0.489 e. The van der Waals surface area contributed by atoms with Crippen molar-refractivity contribution < 1.29 is 14.3 Å². The first-order valence-corrected chi connectivity index (χ1v) is 9.61. The molecule has 0 fully saturated rings. The van der Waals surface area contributed by atoms with Gasteiger partial charge in [-0.05, 0) is 34.4 Å². The summed E-state index contributed by atoms with van der Waals surface area (Å²) in [6.45, 7) is 0.749. The van der Waals surface area contributed by atoms with Crippen molar-refractivity contribution in [2.24, 2.45) is 0 Å². The molecule has 0 aliphatic heterocycles. The first-order chi connectivity index (χ1) is 13.7. The van der Waals surface area contributed by atoms with Gasteiger partial charge in [0.15, 0.2) is 0 Å². The number of hydrogen-bond acceptors (Lipinski definition) is 5. The fourth-order valence-corrected chi connectivity index (χ4v) is 3.61. The second-order valence-electron chi connectivity index (χ2n) is 6.26. The number of amides is 1. The number of rotatable bonds is 7. The summed E-state index contributed by atoms with van der Waals surface area (Å²) in [5.74, 6) is 0.639. The fourth-order valence-electron chi connectivity index (χ4n) is 2.82. The number of methoxy groups -OCH3 is 1. The Hall–Kier alpha value is -3.16.